The summed E-state index contributed by atoms with van der Waals surface area (Å²) in [7, 11) is 1.96. The second-order valence-electron chi connectivity index (χ2n) is 4.18. The molecule has 0 saturated heterocycles. The van der Waals surface area contributed by atoms with Crippen LogP contribution >= 0.6 is 0 Å². The Morgan fingerprint density at radius 3 is 2.71 bits per heavy atom. The van der Waals surface area contributed by atoms with Gasteiger partial charge < -0.3 is 4.74 Å². The van der Waals surface area contributed by atoms with Gasteiger partial charge in [-0.15, -0.1) is 0 Å². The zero-order valence-corrected chi connectivity index (χ0v) is 10.6. The third-order valence-electron chi connectivity index (χ3n) is 2.76. The van der Waals surface area contributed by atoms with E-state index in [1.54, 1.807) is 0 Å². The molecular formula is C14H20N2O. The Hall–Kier alpha value is -1.37. The van der Waals surface area contributed by atoms with E-state index in [1.807, 2.05) is 37.1 Å². The topological polar surface area (TPSA) is 36.3 Å². The number of ether oxygens (including phenoxy) is 1. The Kier molecular flexibility index (Phi) is 6.31. The lowest BCUT2D eigenvalue weighted by Gasteiger charge is -2.18. The van der Waals surface area contributed by atoms with Crippen LogP contribution in [0.25, 0.3) is 0 Å². The van der Waals surface area contributed by atoms with E-state index in [0.717, 1.165) is 19.6 Å². The summed E-state index contributed by atoms with van der Waals surface area (Å²) in [6.07, 6.45) is 0.954. The van der Waals surface area contributed by atoms with Crippen LogP contribution in [0.2, 0.25) is 0 Å². The van der Waals surface area contributed by atoms with Crippen molar-refractivity contribution in [1.29, 1.82) is 5.26 Å². The molecule has 1 aromatic carbocycles. The number of hydrogen-bond acceptors (Lipinski definition) is 3. The van der Waals surface area contributed by atoms with Gasteiger partial charge in [0.05, 0.1) is 18.7 Å². The molecule has 1 rings (SSSR count). The molecule has 92 valence electrons. The van der Waals surface area contributed by atoms with Gasteiger partial charge in [-0.3, -0.25) is 4.90 Å². The van der Waals surface area contributed by atoms with Gasteiger partial charge in [-0.05, 0) is 26.0 Å². The summed E-state index contributed by atoms with van der Waals surface area (Å²) in [6, 6.07) is 12.3. The summed E-state index contributed by atoms with van der Waals surface area (Å²) in [5.41, 5.74) is 1.20. The number of nitrogens with zero attached hydrogens (tertiary/aromatic N) is 2. The van der Waals surface area contributed by atoms with Crippen LogP contribution in [0.15, 0.2) is 30.3 Å². The summed E-state index contributed by atoms with van der Waals surface area (Å²) < 4.78 is 5.57. The van der Waals surface area contributed by atoms with Crippen LogP contribution in [0, 0.1) is 11.3 Å². The maximum atomic E-state index is 8.73. The van der Waals surface area contributed by atoms with Crippen molar-refractivity contribution in [3.63, 3.8) is 0 Å². The molecule has 17 heavy (non-hydrogen) atoms. The maximum absolute atomic E-state index is 8.73. The van der Waals surface area contributed by atoms with Gasteiger partial charge in [-0.1, -0.05) is 30.3 Å². The monoisotopic (exact) mass is 232 g/mol. The highest BCUT2D eigenvalue weighted by molar-refractivity contribution is 5.13. The lowest BCUT2D eigenvalue weighted by Crippen LogP contribution is -2.29. The molecular weight excluding hydrogens is 212 g/mol. The summed E-state index contributed by atoms with van der Waals surface area (Å²) >= 11 is 0. The molecule has 0 aliphatic carbocycles. The molecule has 3 nitrogen and oxygen atoms in total. The third kappa shape index (κ3) is 5.48. The van der Waals surface area contributed by atoms with Crippen molar-refractivity contribution in [2.75, 3.05) is 20.2 Å². The molecule has 0 aromatic heterocycles. The first kappa shape index (κ1) is 13.7. The van der Waals surface area contributed by atoms with Gasteiger partial charge in [0, 0.05) is 13.2 Å². The van der Waals surface area contributed by atoms with Crippen molar-refractivity contribution < 1.29 is 4.74 Å². The number of nitriles is 1. The molecule has 0 aliphatic rings. The minimum atomic E-state index is -0.0240. The minimum absolute atomic E-state index is 0.0240. The van der Waals surface area contributed by atoms with Gasteiger partial charge in [0.2, 0.25) is 0 Å². The fourth-order valence-corrected chi connectivity index (χ4v) is 1.47. The zero-order valence-electron chi connectivity index (χ0n) is 10.6. The average molecular weight is 232 g/mol. The minimum Gasteiger partial charge on any atom is -0.377 e. The number of benzene rings is 1. The molecule has 1 atom stereocenters. The molecule has 0 amide bonds. The highest BCUT2D eigenvalue weighted by Gasteiger charge is 2.06. The van der Waals surface area contributed by atoms with E-state index in [4.69, 9.17) is 10.00 Å². The maximum Gasteiger partial charge on any atom is 0.0946 e. The normalized spacial score (nSPS) is 12.4. The first-order valence-corrected chi connectivity index (χ1v) is 5.95. The van der Waals surface area contributed by atoms with Crippen molar-refractivity contribution in [1.82, 2.24) is 4.90 Å². The summed E-state index contributed by atoms with van der Waals surface area (Å²) in [4.78, 5) is 2.03. The molecule has 0 aliphatic heterocycles. The molecule has 0 radical (unpaired) electrons. The lowest BCUT2D eigenvalue weighted by molar-refractivity contribution is 0.109. The summed E-state index contributed by atoms with van der Waals surface area (Å²) in [5, 5.41) is 8.73. The van der Waals surface area contributed by atoms with E-state index in [0.29, 0.717) is 6.61 Å². The molecule has 1 aromatic rings. The molecule has 0 fully saturated rings. The Morgan fingerprint density at radius 1 is 1.35 bits per heavy atom. The molecule has 1 unspecified atom stereocenters. The lowest BCUT2D eigenvalue weighted by atomic mass is 10.2. The standard InChI is InChI=1S/C14H20N2O/c1-13(11-15)16(2)9-6-10-17-12-14-7-4-3-5-8-14/h3-5,7-8,13H,6,9-10,12H2,1-2H3. The van der Waals surface area contributed by atoms with Crippen LogP contribution in [0.1, 0.15) is 18.9 Å². The quantitative estimate of drug-likeness (QED) is 0.677. The van der Waals surface area contributed by atoms with Crippen LogP contribution in [0.5, 0.6) is 0 Å². The Labute approximate surface area is 104 Å². The van der Waals surface area contributed by atoms with Crippen molar-refractivity contribution in [2.24, 2.45) is 0 Å². The molecule has 0 N–H and O–H groups in total. The van der Waals surface area contributed by atoms with Gasteiger partial charge in [0.25, 0.3) is 0 Å². The predicted octanol–water partition coefficient (Wildman–Crippen LogP) is 2.44. The fourth-order valence-electron chi connectivity index (χ4n) is 1.47. The van der Waals surface area contributed by atoms with Crippen molar-refractivity contribution in [3.8, 4) is 6.07 Å². The smallest absolute Gasteiger partial charge is 0.0946 e. The summed E-state index contributed by atoms with van der Waals surface area (Å²) in [6.45, 7) is 4.20. The van der Waals surface area contributed by atoms with Crippen molar-refractivity contribution in [3.05, 3.63) is 35.9 Å². The molecule has 0 saturated carbocycles. The van der Waals surface area contributed by atoms with Gasteiger partial charge in [-0.25, -0.2) is 0 Å². The number of hydrogen-bond donors (Lipinski definition) is 0. The Bertz CT molecular complexity index is 345. The van der Waals surface area contributed by atoms with Gasteiger partial charge in [0.15, 0.2) is 0 Å². The highest BCUT2D eigenvalue weighted by Crippen LogP contribution is 2.01. The summed E-state index contributed by atoms with van der Waals surface area (Å²) in [5.74, 6) is 0. The second kappa shape index (κ2) is 7.83. The van der Waals surface area contributed by atoms with Crippen molar-refractivity contribution >= 4 is 0 Å². The van der Waals surface area contributed by atoms with Gasteiger partial charge in [0.1, 0.15) is 0 Å². The SMILES string of the molecule is CC(C#N)N(C)CCCOCc1ccccc1. The van der Waals surface area contributed by atoms with Crippen LogP contribution < -0.4 is 0 Å². The van der Waals surface area contributed by atoms with E-state index >= 15 is 0 Å². The molecule has 0 bridgehead atoms. The second-order valence-corrected chi connectivity index (χ2v) is 4.18. The Balaban J connectivity index is 2.08. The average Bonchev–Trinajstić information content (AvgIpc) is 2.38. The van der Waals surface area contributed by atoms with E-state index in [1.165, 1.54) is 5.56 Å². The molecule has 0 spiro atoms. The van der Waals surface area contributed by atoms with E-state index in [-0.39, 0.29) is 6.04 Å². The van der Waals surface area contributed by atoms with Crippen LogP contribution in [-0.4, -0.2) is 31.1 Å². The zero-order chi connectivity index (χ0) is 12.5. The van der Waals surface area contributed by atoms with Crippen LogP contribution in [0.4, 0.5) is 0 Å². The number of rotatable bonds is 7. The van der Waals surface area contributed by atoms with Gasteiger partial charge in [-0.2, -0.15) is 5.26 Å². The van der Waals surface area contributed by atoms with E-state index < -0.39 is 0 Å². The van der Waals surface area contributed by atoms with Crippen LogP contribution in [-0.2, 0) is 11.3 Å². The molecule has 0 heterocycles. The largest absolute Gasteiger partial charge is 0.377 e. The van der Waals surface area contributed by atoms with Gasteiger partial charge >= 0.3 is 0 Å². The highest BCUT2D eigenvalue weighted by atomic mass is 16.5. The first-order chi connectivity index (χ1) is 8.24. The van der Waals surface area contributed by atoms with E-state index in [2.05, 4.69) is 18.2 Å². The Morgan fingerprint density at radius 2 is 2.06 bits per heavy atom. The first-order valence-electron chi connectivity index (χ1n) is 5.95. The molecule has 3 heteroatoms. The third-order valence-corrected chi connectivity index (χ3v) is 2.76. The van der Waals surface area contributed by atoms with Crippen molar-refractivity contribution in [2.45, 2.75) is 26.0 Å². The predicted molar refractivity (Wildman–Crippen MR) is 68.4 cm³/mol. The fraction of sp³-hybridized carbons (Fsp3) is 0.500. The van der Waals surface area contributed by atoms with E-state index in [9.17, 15) is 0 Å². The van der Waals surface area contributed by atoms with Crippen LogP contribution in [0.3, 0.4) is 0 Å².